The van der Waals surface area contributed by atoms with Crippen molar-refractivity contribution in [2.75, 3.05) is 0 Å². The molecule has 0 spiro atoms. The molecule has 18 heavy (non-hydrogen) atoms. The van der Waals surface area contributed by atoms with Crippen molar-refractivity contribution >= 4 is 0 Å². The van der Waals surface area contributed by atoms with Gasteiger partial charge in [-0.25, -0.2) is 0 Å². The molecule has 0 aromatic rings. The van der Waals surface area contributed by atoms with Crippen LogP contribution in [0.15, 0.2) is 0 Å². The van der Waals surface area contributed by atoms with E-state index >= 15 is 0 Å². The van der Waals surface area contributed by atoms with E-state index in [1.807, 2.05) is 0 Å². The predicted molar refractivity (Wildman–Crippen MR) is 41.4 cm³/mol. The van der Waals surface area contributed by atoms with Gasteiger partial charge in [0, 0.05) is 25.8 Å². The Labute approximate surface area is 133 Å². The normalized spacial score (nSPS) is 5.33. The van der Waals surface area contributed by atoms with Gasteiger partial charge >= 0.3 is 26.2 Å². The smallest absolute Gasteiger partial charge is 0.356 e. The van der Waals surface area contributed by atoms with Crippen molar-refractivity contribution in [1.29, 1.82) is 0 Å². The third kappa shape index (κ3) is 1280. The Hall–Kier alpha value is -1.45. The minimum atomic E-state index is -1.75. The first kappa shape index (κ1) is 36.0. The summed E-state index contributed by atoms with van der Waals surface area (Å²) in [5.74, 6) is 0. The number of rotatable bonds is 0. The van der Waals surface area contributed by atoms with Crippen LogP contribution in [0, 0.1) is 61.3 Å². The second kappa shape index (κ2) is 29.6. The maximum atomic E-state index is 8.25. The van der Waals surface area contributed by atoms with Gasteiger partial charge in [-0.05, 0) is 0 Å². The van der Waals surface area contributed by atoms with Gasteiger partial charge in [-0.2, -0.15) is 0 Å². The van der Waals surface area contributed by atoms with Crippen molar-refractivity contribution in [3.05, 3.63) is 61.3 Å². The average Bonchev–Trinajstić information content (AvgIpc) is 1.76. The second-order valence-corrected chi connectivity index (χ2v) is 0.894. The van der Waals surface area contributed by atoms with Crippen molar-refractivity contribution < 1.29 is 72.4 Å². The van der Waals surface area contributed by atoms with Crippen LogP contribution < -0.4 is 0 Å². The van der Waals surface area contributed by atoms with Gasteiger partial charge in [-0.1, -0.05) is 0 Å². The fourth-order valence-electron chi connectivity index (χ4n) is 0. The quantitative estimate of drug-likeness (QED) is 0.213. The van der Waals surface area contributed by atoms with E-state index in [2.05, 4.69) is 0 Å². The van der Waals surface area contributed by atoms with Crippen LogP contribution in [0.2, 0.25) is 0 Å². The van der Waals surface area contributed by atoms with Crippen molar-refractivity contribution in [1.82, 2.24) is 0 Å². The van der Waals surface area contributed by atoms with Crippen LogP contribution in [0.3, 0.4) is 0 Å². The fourth-order valence-corrected chi connectivity index (χ4v) is 0. The molecule has 0 bridgehead atoms. The van der Waals surface area contributed by atoms with Crippen molar-refractivity contribution in [2.24, 2.45) is 0 Å². The van der Waals surface area contributed by atoms with Gasteiger partial charge in [0.2, 0.25) is 0 Å². The molecule has 0 fully saturated rings. The summed E-state index contributed by atoms with van der Waals surface area (Å²) < 4.78 is 0. The van der Waals surface area contributed by atoms with Crippen molar-refractivity contribution in [3.63, 3.8) is 0 Å². The number of nitrogens with zero attached hydrogens (tertiary/aromatic N) is 4. The molecule has 0 aromatic heterocycles. The Balaban J connectivity index is -0.0000000257. The Morgan fingerprint density at radius 2 is 0.444 bits per heavy atom. The zero-order valence-electron chi connectivity index (χ0n) is 7.69. The summed E-state index contributed by atoms with van der Waals surface area (Å²) in [4.78, 5) is 33.0. The van der Waals surface area contributed by atoms with E-state index in [0.29, 0.717) is 0 Å². The monoisotopic (exact) mass is 518 g/mol. The standard InChI is InChI=1S/Hf.4NO3.Zr/c;4*2-1(3)4;/q;4*-1;+4. The van der Waals surface area contributed by atoms with E-state index in [-0.39, 0.29) is 52.0 Å². The SMILES string of the molecule is O=[N+]([O-])[O-].O=[N+]([O-])[O-].O=[N+]([O-])[O-].O=[N+]([O-])[O-].[Hf].[Zr+4]. The van der Waals surface area contributed by atoms with Crippen LogP contribution in [-0.2, 0) is 52.0 Å². The topological polar surface area (TPSA) is 265 Å². The fraction of sp³-hybridized carbons (Fsp3) is 0. The molecule has 0 aliphatic rings. The molecule has 0 amide bonds. The third-order valence-electron chi connectivity index (χ3n) is 0. The molecule has 0 atom stereocenters. The maximum absolute atomic E-state index is 8.25. The van der Waals surface area contributed by atoms with Gasteiger partial charge in [-0.15, -0.1) is 0 Å². The summed E-state index contributed by atoms with van der Waals surface area (Å²) in [5, 5.41) is 59.0. The van der Waals surface area contributed by atoms with E-state index in [4.69, 9.17) is 61.3 Å². The van der Waals surface area contributed by atoms with E-state index in [1.54, 1.807) is 0 Å². The molecular weight excluding hydrogens is 518 g/mol. The molecule has 100 valence electrons. The van der Waals surface area contributed by atoms with Gasteiger partial charge in [-0.3, -0.25) is 0 Å². The Morgan fingerprint density at radius 3 is 0.444 bits per heavy atom. The first-order valence-corrected chi connectivity index (χ1v) is 2.19. The van der Waals surface area contributed by atoms with E-state index in [0.717, 1.165) is 0 Å². The Bertz CT molecular complexity index is 164. The zero-order chi connectivity index (χ0) is 14.3. The first-order valence-electron chi connectivity index (χ1n) is 2.19. The van der Waals surface area contributed by atoms with Crippen LogP contribution in [0.1, 0.15) is 0 Å². The summed E-state index contributed by atoms with van der Waals surface area (Å²) in [6.07, 6.45) is 0. The summed E-state index contributed by atoms with van der Waals surface area (Å²) in [5.41, 5.74) is 0. The molecule has 0 N–H and O–H groups in total. The van der Waals surface area contributed by atoms with Gasteiger partial charge in [0.15, 0.2) is 0 Å². The van der Waals surface area contributed by atoms with Crippen molar-refractivity contribution in [3.8, 4) is 0 Å². The van der Waals surface area contributed by atoms with Gasteiger partial charge in [0.05, 0.1) is 20.3 Å². The molecule has 0 heterocycles. The maximum Gasteiger partial charge on any atom is 4.00 e. The summed E-state index contributed by atoms with van der Waals surface area (Å²) in [6, 6.07) is 0. The molecule has 16 nitrogen and oxygen atoms in total. The number of hydrogen-bond donors (Lipinski definition) is 0. The molecule has 0 aromatic carbocycles. The predicted octanol–water partition coefficient (Wildman–Crippen LogP) is -0.961. The Morgan fingerprint density at radius 1 is 0.444 bits per heavy atom. The summed E-state index contributed by atoms with van der Waals surface area (Å²) >= 11 is 0. The molecule has 0 aliphatic carbocycles. The minimum absolute atomic E-state index is 0. The zero-order valence-corrected chi connectivity index (χ0v) is 13.7. The van der Waals surface area contributed by atoms with Crippen molar-refractivity contribution in [2.45, 2.75) is 0 Å². The van der Waals surface area contributed by atoms with Crippen LogP contribution in [0.4, 0.5) is 0 Å². The molecule has 0 aliphatic heterocycles. The van der Waals surface area contributed by atoms with Crippen LogP contribution >= 0.6 is 0 Å². The van der Waals surface area contributed by atoms with Gasteiger partial charge in [0.1, 0.15) is 0 Å². The molecule has 0 rings (SSSR count). The van der Waals surface area contributed by atoms with E-state index in [9.17, 15) is 0 Å². The second-order valence-electron chi connectivity index (χ2n) is 0.894. The average molecular weight is 518 g/mol. The van der Waals surface area contributed by atoms with E-state index < -0.39 is 20.3 Å². The number of hydrogen-bond acceptors (Lipinski definition) is 12. The van der Waals surface area contributed by atoms with E-state index in [1.165, 1.54) is 0 Å². The molecular formula is HfN4O12Zr. The van der Waals surface area contributed by atoms with Crippen LogP contribution in [0.5, 0.6) is 0 Å². The Kier molecular flexibility index (Phi) is 59.1. The van der Waals surface area contributed by atoms with Crippen LogP contribution in [0.25, 0.3) is 0 Å². The van der Waals surface area contributed by atoms with Crippen LogP contribution in [-0.4, -0.2) is 20.3 Å². The largest absolute Gasteiger partial charge is 4.00 e. The van der Waals surface area contributed by atoms with Gasteiger partial charge < -0.3 is 61.3 Å². The molecule has 0 saturated heterocycles. The summed E-state index contributed by atoms with van der Waals surface area (Å²) in [7, 11) is 0. The third-order valence-corrected chi connectivity index (χ3v) is 0. The molecule has 18 heteroatoms. The molecule has 0 saturated carbocycles. The minimum Gasteiger partial charge on any atom is -0.356 e. The van der Waals surface area contributed by atoms with Gasteiger partial charge in [0.25, 0.3) is 0 Å². The molecule has 0 radical (unpaired) electrons. The molecule has 0 unspecified atom stereocenters. The summed E-state index contributed by atoms with van der Waals surface area (Å²) in [6.45, 7) is 0. The first-order chi connectivity index (χ1) is 6.93.